The van der Waals surface area contributed by atoms with Crippen LogP contribution in [0.15, 0.2) is 71.7 Å². The number of aryl methyl sites for hydroxylation is 1. The first-order valence-corrected chi connectivity index (χ1v) is 8.93. The predicted molar refractivity (Wildman–Crippen MR) is 109 cm³/mol. The number of benzene rings is 2. The average molecular weight is 391 g/mol. The van der Waals surface area contributed by atoms with Gasteiger partial charge in [0, 0.05) is 28.4 Å². The molecule has 0 spiro atoms. The van der Waals surface area contributed by atoms with E-state index in [1.807, 2.05) is 12.1 Å². The Hall–Kier alpha value is -3.51. The highest BCUT2D eigenvalue weighted by Crippen LogP contribution is 2.21. The van der Waals surface area contributed by atoms with Gasteiger partial charge < -0.3 is 5.32 Å². The molecule has 2 heterocycles. The third-order valence-corrected chi connectivity index (χ3v) is 4.54. The van der Waals surface area contributed by atoms with Crippen molar-refractivity contribution in [3.63, 3.8) is 0 Å². The van der Waals surface area contributed by atoms with E-state index in [1.165, 1.54) is 10.7 Å². The number of carbonyl (C=O) groups excluding carboxylic acids is 1. The molecule has 1 N–H and O–H groups in total. The molecular formula is C21H15ClN4O2. The number of hydrogen-bond acceptors (Lipinski definition) is 4. The van der Waals surface area contributed by atoms with E-state index >= 15 is 0 Å². The second-order valence-electron chi connectivity index (χ2n) is 6.22. The number of hydrogen-bond donors (Lipinski definition) is 1. The van der Waals surface area contributed by atoms with E-state index in [9.17, 15) is 9.59 Å². The van der Waals surface area contributed by atoms with Gasteiger partial charge in [-0.2, -0.15) is 5.10 Å². The maximum absolute atomic E-state index is 12.8. The SMILES string of the molecule is Cc1cc(=O)c(C(=O)Nc2cccc3ncccc23)nn1-c1ccc(Cl)cc1. The first-order chi connectivity index (χ1) is 13.5. The Balaban J connectivity index is 1.74. The van der Waals surface area contributed by atoms with Crippen molar-refractivity contribution in [1.29, 1.82) is 0 Å². The van der Waals surface area contributed by atoms with Gasteiger partial charge in [-0.25, -0.2) is 4.68 Å². The molecule has 28 heavy (non-hydrogen) atoms. The van der Waals surface area contributed by atoms with Crippen LogP contribution in [0.4, 0.5) is 5.69 Å². The van der Waals surface area contributed by atoms with Crippen molar-refractivity contribution >= 4 is 34.1 Å². The Kier molecular flexibility index (Phi) is 4.63. The maximum atomic E-state index is 12.8. The number of carbonyl (C=O) groups is 1. The molecule has 4 rings (SSSR count). The van der Waals surface area contributed by atoms with Crippen LogP contribution in [0.2, 0.25) is 5.02 Å². The number of rotatable bonds is 3. The molecule has 0 saturated heterocycles. The molecular weight excluding hydrogens is 376 g/mol. The molecule has 0 bridgehead atoms. The summed E-state index contributed by atoms with van der Waals surface area (Å²) in [6.07, 6.45) is 1.68. The molecule has 0 aliphatic rings. The molecule has 4 aromatic rings. The fourth-order valence-electron chi connectivity index (χ4n) is 2.94. The van der Waals surface area contributed by atoms with Crippen molar-refractivity contribution < 1.29 is 4.79 Å². The fourth-order valence-corrected chi connectivity index (χ4v) is 3.07. The van der Waals surface area contributed by atoms with Crippen LogP contribution in [-0.4, -0.2) is 20.7 Å². The standard InChI is InChI=1S/C21H15ClN4O2/c1-13-12-19(27)20(25-26(13)15-9-7-14(22)8-10-15)21(28)24-18-6-2-5-17-16(18)4-3-11-23-17/h2-12H,1H3,(H,24,28). The highest BCUT2D eigenvalue weighted by Gasteiger charge is 2.16. The largest absolute Gasteiger partial charge is 0.320 e. The molecule has 138 valence electrons. The highest BCUT2D eigenvalue weighted by molar-refractivity contribution is 6.30. The molecule has 2 aromatic heterocycles. The Morgan fingerprint density at radius 2 is 1.86 bits per heavy atom. The Labute approximate surface area is 165 Å². The van der Waals surface area contributed by atoms with Gasteiger partial charge in [-0.1, -0.05) is 17.7 Å². The van der Waals surface area contributed by atoms with E-state index in [1.54, 1.807) is 55.6 Å². The summed E-state index contributed by atoms with van der Waals surface area (Å²) >= 11 is 5.93. The Morgan fingerprint density at radius 1 is 1.07 bits per heavy atom. The lowest BCUT2D eigenvalue weighted by atomic mass is 10.2. The van der Waals surface area contributed by atoms with Crippen LogP contribution < -0.4 is 10.7 Å². The number of anilines is 1. The molecule has 1 amide bonds. The third-order valence-electron chi connectivity index (χ3n) is 4.29. The highest BCUT2D eigenvalue weighted by atomic mass is 35.5. The van der Waals surface area contributed by atoms with Gasteiger partial charge in [0.15, 0.2) is 5.69 Å². The van der Waals surface area contributed by atoms with Crippen molar-refractivity contribution in [3.8, 4) is 5.69 Å². The lowest BCUT2D eigenvalue weighted by Crippen LogP contribution is -2.27. The van der Waals surface area contributed by atoms with Crippen molar-refractivity contribution in [1.82, 2.24) is 14.8 Å². The number of halogens is 1. The van der Waals surface area contributed by atoms with Crippen molar-refractivity contribution in [3.05, 3.63) is 93.5 Å². The molecule has 2 aromatic carbocycles. The van der Waals surface area contributed by atoms with Gasteiger partial charge in [0.1, 0.15) is 0 Å². The van der Waals surface area contributed by atoms with Crippen LogP contribution in [0.3, 0.4) is 0 Å². The predicted octanol–water partition coefficient (Wildman–Crippen LogP) is 3.99. The minimum atomic E-state index is -0.580. The number of aromatic nitrogens is 3. The Bertz CT molecular complexity index is 1240. The average Bonchev–Trinajstić information content (AvgIpc) is 2.69. The molecule has 0 fully saturated rings. The first-order valence-electron chi connectivity index (χ1n) is 8.55. The summed E-state index contributed by atoms with van der Waals surface area (Å²) < 4.78 is 1.54. The van der Waals surface area contributed by atoms with Gasteiger partial charge in [-0.3, -0.25) is 14.6 Å². The van der Waals surface area contributed by atoms with Gasteiger partial charge in [0.25, 0.3) is 5.91 Å². The van der Waals surface area contributed by atoms with Gasteiger partial charge in [-0.15, -0.1) is 0 Å². The smallest absolute Gasteiger partial charge is 0.280 e. The third kappa shape index (κ3) is 3.37. The van der Waals surface area contributed by atoms with Crippen LogP contribution in [0, 0.1) is 6.92 Å². The summed E-state index contributed by atoms with van der Waals surface area (Å²) in [6, 6.07) is 17.4. The zero-order valence-corrected chi connectivity index (χ0v) is 15.6. The molecule has 0 aliphatic carbocycles. The van der Waals surface area contributed by atoms with Gasteiger partial charge in [0.05, 0.1) is 16.9 Å². The summed E-state index contributed by atoms with van der Waals surface area (Å²) in [7, 11) is 0. The molecule has 0 atom stereocenters. The van der Waals surface area contributed by atoms with Crippen molar-refractivity contribution in [2.75, 3.05) is 5.32 Å². The minimum absolute atomic E-state index is 0.193. The topological polar surface area (TPSA) is 76.9 Å². The summed E-state index contributed by atoms with van der Waals surface area (Å²) in [5.41, 5.74) is 1.98. The quantitative estimate of drug-likeness (QED) is 0.573. The molecule has 6 nitrogen and oxygen atoms in total. The fraction of sp³-hybridized carbons (Fsp3) is 0.0476. The monoisotopic (exact) mass is 390 g/mol. The summed E-state index contributed by atoms with van der Waals surface area (Å²) in [5.74, 6) is -0.580. The van der Waals surface area contributed by atoms with E-state index in [2.05, 4.69) is 15.4 Å². The van der Waals surface area contributed by atoms with Gasteiger partial charge in [0.2, 0.25) is 5.43 Å². The summed E-state index contributed by atoms with van der Waals surface area (Å²) in [5, 5.41) is 8.42. The van der Waals surface area contributed by atoms with Crippen LogP contribution in [0.1, 0.15) is 16.2 Å². The number of nitrogens with zero attached hydrogens (tertiary/aromatic N) is 3. The molecule has 0 saturated carbocycles. The van der Waals surface area contributed by atoms with E-state index in [0.29, 0.717) is 22.1 Å². The van der Waals surface area contributed by atoms with E-state index in [0.717, 1.165) is 10.9 Å². The van der Waals surface area contributed by atoms with Gasteiger partial charge >= 0.3 is 0 Å². The lowest BCUT2D eigenvalue weighted by molar-refractivity contribution is 0.101. The minimum Gasteiger partial charge on any atom is -0.320 e. The lowest BCUT2D eigenvalue weighted by Gasteiger charge is -2.12. The van der Waals surface area contributed by atoms with Crippen molar-refractivity contribution in [2.24, 2.45) is 0 Å². The Morgan fingerprint density at radius 3 is 2.64 bits per heavy atom. The van der Waals surface area contributed by atoms with E-state index in [-0.39, 0.29) is 5.69 Å². The summed E-state index contributed by atoms with van der Waals surface area (Å²) in [6.45, 7) is 1.75. The second kappa shape index (κ2) is 7.25. The number of amides is 1. The van der Waals surface area contributed by atoms with Crippen LogP contribution >= 0.6 is 11.6 Å². The van der Waals surface area contributed by atoms with Crippen LogP contribution in [0.25, 0.3) is 16.6 Å². The summed E-state index contributed by atoms with van der Waals surface area (Å²) in [4.78, 5) is 29.5. The molecule has 0 aliphatic heterocycles. The van der Waals surface area contributed by atoms with Crippen LogP contribution in [-0.2, 0) is 0 Å². The second-order valence-corrected chi connectivity index (χ2v) is 6.65. The number of nitrogens with one attached hydrogen (secondary N) is 1. The molecule has 0 radical (unpaired) electrons. The maximum Gasteiger partial charge on any atom is 0.280 e. The van der Waals surface area contributed by atoms with E-state index < -0.39 is 11.3 Å². The van der Waals surface area contributed by atoms with E-state index in [4.69, 9.17) is 11.6 Å². The number of pyridine rings is 1. The zero-order chi connectivity index (χ0) is 19.7. The van der Waals surface area contributed by atoms with Crippen molar-refractivity contribution in [2.45, 2.75) is 6.92 Å². The number of fused-ring (bicyclic) bond motifs is 1. The first kappa shape index (κ1) is 17.9. The zero-order valence-electron chi connectivity index (χ0n) is 14.9. The van der Waals surface area contributed by atoms with Gasteiger partial charge in [-0.05, 0) is 55.5 Å². The normalized spacial score (nSPS) is 10.8. The molecule has 0 unspecified atom stereocenters. The van der Waals surface area contributed by atoms with Crippen LogP contribution in [0.5, 0.6) is 0 Å². The molecule has 7 heteroatoms.